The normalized spacial score (nSPS) is 11.7. The molecule has 3 aromatic rings. The lowest BCUT2D eigenvalue weighted by Gasteiger charge is -2.00. The first kappa shape index (κ1) is 17.8. The van der Waals surface area contributed by atoms with Gasteiger partial charge in [-0.15, -0.1) is 0 Å². The number of para-hydroxylation sites is 1. The molecule has 8 heteroatoms. The number of nitrogens with zero attached hydrogens (tertiary/aromatic N) is 2. The maximum Gasteiger partial charge on any atom is 0.350 e. The predicted molar refractivity (Wildman–Crippen MR) is 96.4 cm³/mol. The number of carbonyl (C=O) groups excluding carboxylic acids is 2. The SMILES string of the molecule is CCOC(=O)c1sc(=NC(=O)c2cc3ccccc3oc2=O)n(C)c1C. The van der Waals surface area contributed by atoms with E-state index in [1.165, 1.54) is 6.07 Å². The fraction of sp³-hybridized carbons (Fsp3) is 0.222. The Hall–Kier alpha value is -3.00. The van der Waals surface area contributed by atoms with Crippen LogP contribution in [0.15, 0.2) is 44.5 Å². The molecule has 0 aliphatic rings. The summed E-state index contributed by atoms with van der Waals surface area (Å²) in [5.74, 6) is -1.19. The number of rotatable bonds is 3. The Kier molecular flexibility index (Phi) is 4.85. The van der Waals surface area contributed by atoms with Gasteiger partial charge in [0, 0.05) is 18.1 Å². The van der Waals surface area contributed by atoms with Crippen LogP contribution in [0, 0.1) is 6.92 Å². The molecule has 0 bridgehead atoms. The highest BCUT2D eigenvalue weighted by Crippen LogP contribution is 2.14. The minimum Gasteiger partial charge on any atom is -0.462 e. The standard InChI is InChI=1S/C18H16N2O5S/c1-4-24-17(23)14-10(2)20(3)18(26-14)19-15(21)12-9-11-7-5-6-8-13(11)25-16(12)22/h5-9H,4H2,1-3H3. The average molecular weight is 372 g/mol. The molecule has 0 aliphatic carbocycles. The number of hydrogen-bond acceptors (Lipinski definition) is 6. The Morgan fingerprint density at radius 2 is 2.04 bits per heavy atom. The summed E-state index contributed by atoms with van der Waals surface area (Å²) in [5.41, 5.74) is 0.119. The van der Waals surface area contributed by atoms with Crippen LogP contribution < -0.4 is 10.4 Å². The highest BCUT2D eigenvalue weighted by molar-refractivity contribution is 7.11. The smallest absolute Gasteiger partial charge is 0.350 e. The second-order valence-electron chi connectivity index (χ2n) is 5.48. The van der Waals surface area contributed by atoms with Crippen LogP contribution in [0.3, 0.4) is 0 Å². The van der Waals surface area contributed by atoms with Gasteiger partial charge in [0.1, 0.15) is 16.0 Å². The van der Waals surface area contributed by atoms with E-state index in [2.05, 4.69) is 4.99 Å². The highest BCUT2D eigenvalue weighted by Gasteiger charge is 2.18. The molecule has 134 valence electrons. The summed E-state index contributed by atoms with van der Waals surface area (Å²) in [4.78, 5) is 41.2. The van der Waals surface area contributed by atoms with Crippen molar-refractivity contribution in [1.82, 2.24) is 4.57 Å². The van der Waals surface area contributed by atoms with Crippen molar-refractivity contribution in [2.24, 2.45) is 12.0 Å². The van der Waals surface area contributed by atoms with Gasteiger partial charge in [-0.3, -0.25) is 4.79 Å². The van der Waals surface area contributed by atoms with Crippen LogP contribution in [0.1, 0.15) is 32.6 Å². The van der Waals surface area contributed by atoms with Gasteiger partial charge < -0.3 is 13.7 Å². The van der Waals surface area contributed by atoms with E-state index in [0.717, 1.165) is 11.3 Å². The van der Waals surface area contributed by atoms with Gasteiger partial charge in [0.05, 0.1) is 6.61 Å². The number of amides is 1. The van der Waals surface area contributed by atoms with Crippen molar-refractivity contribution < 1.29 is 18.7 Å². The van der Waals surface area contributed by atoms with Crippen molar-refractivity contribution in [3.05, 3.63) is 61.7 Å². The number of carbonyl (C=O) groups is 2. The summed E-state index contributed by atoms with van der Waals surface area (Å²) in [6, 6.07) is 8.36. The molecular formula is C18H16N2O5S. The fourth-order valence-electron chi connectivity index (χ4n) is 2.37. The molecule has 0 unspecified atom stereocenters. The third kappa shape index (κ3) is 3.23. The third-order valence-corrected chi connectivity index (χ3v) is 5.06. The van der Waals surface area contributed by atoms with Crippen molar-refractivity contribution in [1.29, 1.82) is 0 Å². The Balaban J connectivity index is 2.07. The molecule has 0 atom stereocenters. The van der Waals surface area contributed by atoms with Crippen molar-refractivity contribution in [3.63, 3.8) is 0 Å². The van der Waals surface area contributed by atoms with E-state index in [4.69, 9.17) is 9.15 Å². The minimum atomic E-state index is -0.751. The van der Waals surface area contributed by atoms with Crippen LogP contribution in [0.2, 0.25) is 0 Å². The van der Waals surface area contributed by atoms with Crippen molar-refractivity contribution in [3.8, 4) is 0 Å². The first-order valence-corrected chi connectivity index (χ1v) is 8.69. The van der Waals surface area contributed by atoms with E-state index in [-0.39, 0.29) is 12.2 Å². The van der Waals surface area contributed by atoms with Gasteiger partial charge in [-0.05, 0) is 26.0 Å². The average Bonchev–Trinajstić information content (AvgIpc) is 2.89. The second kappa shape index (κ2) is 7.09. The van der Waals surface area contributed by atoms with E-state index in [9.17, 15) is 14.4 Å². The Bertz CT molecular complexity index is 1140. The summed E-state index contributed by atoms with van der Waals surface area (Å²) in [7, 11) is 1.68. The lowest BCUT2D eigenvalue weighted by Crippen LogP contribution is -2.18. The molecular weight excluding hydrogens is 356 g/mol. The summed E-state index contributed by atoms with van der Waals surface area (Å²) in [6.45, 7) is 3.70. The van der Waals surface area contributed by atoms with Gasteiger partial charge in [0.15, 0.2) is 4.80 Å². The second-order valence-corrected chi connectivity index (χ2v) is 6.46. The van der Waals surface area contributed by atoms with Gasteiger partial charge in [-0.2, -0.15) is 4.99 Å². The van der Waals surface area contributed by atoms with Crippen LogP contribution in [-0.4, -0.2) is 23.1 Å². The molecule has 3 rings (SSSR count). The Labute approximate surface area is 152 Å². The number of esters is 1. The monoisotopic (exact) mass is 372 g/mol. The molecule has 26 heavy (non-hydrogen) atoms. The van der Waals surface area contributed by atoms with Crippen molar-refractivity contribution >= 4 is 34.2 Å². The summed E-state index contributed by atoms with van der Waals surface area (Å²) < 4.78 is 11.8. The number of fused-ring (bicyclic) bond motifs is 1. The zero-order valence-corrected chi connectivity index (χ0v) is 15.3. The molecule has 0 saturated carbocycles. The molecule has 1 aromatic carbocycles. The summed E-state index contributed by atoms with van der Waals surface area (Å²) in [5, 5.41) is 0.629. The predicted octanol–water partition coefficient (Wildman–Crippen LogP) is 2.42. The van der Waals surface area contributed by atoms with Crippen LogP contribution in [-0.2, 0) is 11.8 Å². The van der Waals surface area contributed by atoms with Gasteiger partial charge >= 0.3 is 11.6 Å². The Morgan fingerprint density at radius 1 is 1.31 bits per heavy atom. The van der Waals surface area contributed by atoms with Crippen LogP contribution in [0.5, 0.6) is 0 Å². The summed E-state index contributed by atoms with van der Waals surface area (Å²) >= 11 is 1.03. The van der Waals surface area contributed by atoms with Crippen LogP contribution in [0.4, 0.5) is 0 Å². The van der Waals surface area contributed by atoms with Gasteiger partial charge in [0.25, 0.3) is 5.91 Å². The number of hydrogen-bond donors (Lipinski definition) is 0. The number of aromatic nitrogens is 1. The first-order valence-electron chi connectivity index (χ1n) is 7.88. The number of benzene rings is 1. The number of ether oxygens (including phenoxy) is 1. The molecule has 0 N–H and O–H groups in total. The van der Waals surface area contributed by atoms with E-state index in [1.54, 1.807) is 49.7 Å². The van der Waals surface area contributed by atoms with Crippen LogP contribution >= 0.6 is 11.3 Å². The molecule has 2 aromatic heterocycles. The van der Waals surface area contributed by atoms with Gasteiger partial charge in [-0.1, -0.05) is 29.5 Å². The van der Waals surface area contributed by atoms with Gasteiger partial charge in [0.2, 0.25) is 0 Å². The van der Waals surface area contributed by atoms with E-state index in [1.807, 2.05) is 0 Å². The molecule has 0 spiro atoms. The lowest BCUT2D eigenvalue weighted by molar-refractivity contribution is 0.0530. The van der Waals surface area contributed by atoms with Gasteiger partial charge in [-0.25, -0.2) is 9.59 Å². The highest BCUT2D eigenvalue weighted by atomic mass is 32.1. The summed E-state index contributed by atoms with van der Waals surface area (Å²) in [6.07, 6.45) is 0. The molecule has 2 heterocycles. The first-order chi connectivity index (χ1) is 12.4. The van der Waals surface area contributed by atoms with Crippen molar-refractivity contribution in [2.45, 2.75) is 13.8 Å². The Morgan fingerprint density at radius 3 is 2.77 bits per heavy atom. The molecule has 0 aliphatic heterocycles. The molecule has 0 fully saturated rings. The molecule has 1 amide bonds. The van der Waals surface area contributed by atoms with E-state index < -0.39 is 17.5 Å². The zero-order valence-electron chi connectivity index (χ0n) is 14.4. The van der Waals surface area contributed by atoms with E-state index >= 15 is 0 Å². The lowest BCUT2D eigenvalue weighted by atomic mass is 10.2. The maximum atomic E-state index is 12.5. The fourth-order valence-corrected chi connectivity index (χ4v) is 3.38. The largest absolute Gasteiger partial charge is 0.462 e. The van der Waals surface area contributed by atoms with Crippen LogP contribution in [0.25, 0.3) is 11.0 Å². The zero-order chi connectivity index (χ0) is 18.8. The molecule has 7 nitrogen and oxygen atoms in total. The number of thiazole rings is 1. The minimum absolute atomic E-state index is 0.160. The third-order valence-electron chi connectivity index (χ3n) is 3.84. The van der Waals surface area contributed by atoms with Crippen molar-refractivity contribution in [2.75, 3.05) is 6.61 Å². The maximum absolute atomic E-state index is 12.5. The topological polar surface area (TPSA) is 90.9 Å². The van der Waals surface area contributed by atoms with E-state index in [0.29, 0.717) is 26.3 Å². The quantitative estimate of drug-likeness (QED) is 0.520. The molecule has 0 saturated heterocycles. The molecule has 0 radical (unpaired) electrons.